The molecular formula is C31H30ClF2N3O6. The fourth-order valence-corrected chi connectivity index (χ4v) is 5.56. The van der Waals surface area contributed by atoms with Crippen molar-refractivity contribution in [3.05, 3.63) is 70.9 Å². The monoisotopic (exact) mass is 613 g/mol. The molecule has 0 radical (unpaired) electrons. The second-order valence-corrected chi connectivity index (χ2v) is 11.6. The predicted molar refractivity (Wildman–Crippen MR) is 155 cm³/mol. The summed E-state index contributed by atoms with van der Waals surface area (Å²) in [6.45, 7) is 5.45. The van der Waals surface area contributed by atoms with Crippen LogP contribution in [0.1, 0.15) is 50.4 Å². The van der Waals surface area contributed by atoms with Crippen LogP contribution in [-0.4, -0.2) is 63.6 Å². The van der Waals surface area contributed by atoms with Crippen LogP contribution in [0.3, 0.4) is 0 Å². The van der Waals surface area contributed by atoms with Crippen molar-refractivity contribution in [1.29, 1.82) is 0 Å². The Morgan fingerprint density at radius 2 is 1.88 bits per heavy atom. The second-order valence-electron chi connectivity index (χ2n) is 11.2. The van der Waals surface area contributed by atoms with Crippen LogP contribution in [0, 0.1) is 11.6 Å². The predicted octanol–water partition coefficient (Wildman–Crippen LogP) is 5.73. The molecule has 2 amide bonds. The van der Waals surface area contributed by atoms with Crippen LogP contribution in [0.15, 0.2) is 48.7 Å². The zero-order chi connectivity index (χ0) is 31.1. The number of anilines is 1. The van der Waals surface area contributed by atoms with Crippen LogP contribution < -0.4 is 14.4 Å². The highest BCUT2D eigenvalue weighted by Gasteiger charge is 2.45. The molecule has 1 unspecified atom stereocenters. The Balaban J connectivity index is 1.31. The Morgan fingerprint density at radius 3 is 2.56 bits per heavy atom. The van der Waals surface area contributed by atoms with Gasteiger partial charge < -0.3 is 24.4 Å². The maximum absolute atomic E-state index is 15.4. The van der Waals surface area contributed by atoms with E-state index in [1.54, 1.807) is 29.7 Å². The van der Waals surface area contributed by atoms with Crippen LogP contribution >= 0.6 is 11.6 Å². The van der Waals surface area contributed by atoms with E-state index in [1.165, 1.54) is 43.5 Å². The van der Waals surface area contributed by atoms with Gasteiger partial charge in [0.05, 0.1) is 17.0 Å². The lowest BCUT2D eigenvalue weighted by molar-refractivity contribution is -0.138. The number of carbonyl (C=O) groups is 3. The molecule has 1 saturated heterocycles. The average Bonchev–Trinajstić information content (AvgIpc) is 2.93. The number of nitrogens with zero attached hydrogens (tertiary/aromatic N) is 3. The molecule has 1 aromatic heterocycles. The van der Waals surface area contributed by atoms with Gasteiger partial charge in [0.25, 0.3) is 11.8 Å². The van der Waals surface area contributed by atoms with E-state index in [2.05, 4.69) is 4.98 Å². The molecule has 12 heteroatoms. The van der Waals surface area contributed by atoms with Crippen molar-refractivity contribution in [2.24, 2.45) is 0 Å². The summed E-state index contributed by atoms with van der Waals surface area (Å²) in [5, 5.41) is 9.38. The first kappa shape index (κ1) is 30.2. The van der Waals surface area contributed by atoms with Crippen molar-refractivity contribution < 1.29 is 37.7 Å². The SMILES string of the molecule is CC(CC(=O)O)Oc1cc(F)ccc1-c1ccc(C(=O)N2CCC(N3C(=O)C(C)(C)Oc4ncc(Cl)cc43)CC2)c(F)c1. The van der Waals surface area contributed by atoms with Crippen LogP contribution in [0.4, 0.5) is 14.5 Å². The minimum Gasteiger partial charge on any atom is -0.489 e. The van der Waals surface area contributed by atoms with E-state index in [-0.39, 0.29) is 42.8 Å². The number of fused-ring (bicyclic) bond motifs is 1. The third-order valence-corrected chi connectivity index (χ3v) is 7.71. The highest BCUT2D eigenvalue weighted by Crippen LogP contribution is 2.40. The fraction of sp³-hybridized carbons (Fsp3) is 0.355. The Kier molecular flexibility index (Phi) is 8.29. The van der Waals surface area contributed by atoms with E-state index in [9.17, 15) is 18.8 Å². The molecule has 0 bridgehead atoms. The first-order valence-electron chi connectivity index (χ1n) is 13.8. The number of ether oxygens (including phenoxy) is 2. The van der Waals surface area contributed by atoms with E-state index in [4.69, 9.17) is 26.2 Å². The van der Waals surface area contributed by atoms with Gasteiger partial charge in [-0.15, -0.1) is 0 Å². The highest BCUT2D eigenvalue weighted by molar-refractivity contribution is 6.31. The Hall–Kier alpha value is -4.25. The lowest BCUT2D eigenvalue weighted by atomic mass is 9.96. The molecule has 0 saturated carbocycles. The van der Waals surface area contributed by atoms with Gasteiger partial charge in [-0.3, -0.25) is 14.4 Å². The van der Waals surface area contributed by atoms with Crippen LogP contribution in [0.5, 0.6) is 11.6 Å². The van der Waals surface area contributed by atoms with Gasteiger partial charge in [0, 0.05) is 37.0 Å². The number of aliphatic carboxylic acids is 1. The second kappa shape index (κ2) is 11.8. The number of carboxylic acid groups (broad SMARTS) is 1. The van der Waals surface area contributed by atoms with Gasteiger partial charge in [0.15, 0.2) is 5.60 Å². The minimum absolute atomic E-state index is 0.0631. The number of piperidine rings is 1. The van der Waals surface area contributed by atoms with Crippen LogP contribution in [-0.2, 0) is 9.59 Å². The number of pyridine rings is 1. The van der Waals surface area contributed by atoms with Crippen molar-refractivity contribution in [2.45, 2.75) is 57.8 Å². The summed E-state index contributed by atoms with van der Waals surface area (Å²) in [6, 6.07) is 9.17. The van der Waals surface area contributed by atoms with E-state index < -0.39 is 35.2 Å². The van der Waals surface area contributed by atoms with E-state index in [1.807, 2.05) is 0 Å². The number of hydrogen-bond donors (Lipinski definition) is 1. The summed E-state index contributed by atoms with van der Waals surface area (Å²) in [5.74, 6) is -2.80. The number of likely N-dealkylation sites (tertiary alicyclic amines) is 1. The number of rotatable bonds is 7. The summed E-state index contributed by atoms with van der Waals surface area (Å²) >= 11 is 6.16. The zero-order valence-corrected chi connectivity index (χ0v) is 24.5. The van der Waals surface area contributed by atoms with Gasteiger partial charge >= 0.3 is 5.97 Å². The lowest BCUT2D eigenvalue weighted by Crippen LogP contribution is -2.58. The molecule has 0 spiro atoms. The zero-order valence-electron chi connectivity index (χ0n) is 23.8. The first-order chi connectivity index (χ1) is 20.3. The number of amides is 2. The van der Waals surface area contributed by atoms with Crippen molar-refractivity contribution in [3.63, 3.8) is 0 Å². The van der Waals surface area contributed by atoms with Gasteiger partial charge in [-0.2, -0.15) is 0 Å². The average molecular weight is 614 g/mol. The number of halogens is 3. The summed E-state index contributed by atoms with van der Waals surface area (Å²) < 4.78 is 40.8. The Bertz CT molecular complexity index is 1590. The first-order valence-corrected chi connectivity index (χ1v) is 14.2. The third kappa shape index (κ3) is 6.27. The third-order valence-electron chi connectivity index (χ3n) is 7.51. The molecular weight excluding hydrogens is 584 g/mol. The van der Waals surface area contributed by atoms with Gasteiger partial charge in [0.2, 0.25) is 5.88 Å². The van der Waals surface area contributed by atoms with Crippen molar-refractivity contribution in [1.82, 2.24) is 9.88 Å². The van der Waals surface area contributed by atoms with Crippen LogP contribution in [0.2, 0.25) is 5.02 Å². The Labute approximate surface area is 252 Å². The summed E-state index contributed by atoms with van der Waals surface area (Å²) in [4.78, 5) is 45.2. The molecule has 1 fully saturated rings. The molecule has 1 N–H and O–H groups in total. The van der Waals surface area contributed by atoms with Crippen molar-refractivity contribution in [2.75, 3.05) is 18.0 Å². The summed E-state index contributed by atoms with van der Waals surface area (Å²) in [5.41, 5.74) is -0.0919. The number of aromatic nitrogens is 1. The largest absolute Gasteiger partial charge is 0.489 e. The molecule has 3 aromatic rings. The maximum Gasteiger partial charge on any atom is 0.307 e. The van der Waals surface area contributed by atoms with E-state index in [0.717, 1.165) is 6.07 Å². The molecule has 2 aliphatic rings. The smallest absolute Gasteiger partial charge is 0.307 e. The number of hydrogen-bond acceptors (Lipinski definition) is 6. The molecule has 226 valence electrons. The van der Waals surface area contributed by atoms with Gasteiger partial charge in [-0.25, -0.2) is 13.8 Å². The lowest BCUT2D eigenvalue weighted by Gasteiger charge is -2.44. The van der Waals surface area contributed by atoms with Crippen LogP contribution in [0.25, 0.3) is 11.1 Å². The standard InChI is InChI=1S/C31H30ClF2N3O6/c1-17(12-27(38)39)42-26-15-20(33)5-7-22(26)18-4-6-23(24(34)13-18)29(40)36-10-8-21(9-11-36)37-25-14-19(32)16-35-28(25)43-31(2,3)30(37)41/h4-7,13-17,21H,8-12H2,1-3H3,(H,38,39). The van der Waals surface area contributed by atoms with Gasteiger partial charge in [-0.05, 0) is 69.5 Å². The molecule has 2 aliphatic heterocycles. The number of carboxylic acids is 1. The molecule has 9 nitrogen and oxygen atoms in total. The Morgan fingerprint density at radius 1 is 1.16 bits per heavy atom. The maximum atomic E-state index is 15.4. The van der Waals surface area contributed by atoms with Gasteiger partial charge in [0.1, 0.15) is 29.2 Å². The topological polar surface area (TPSA) is 109 Å². The quantitative estimate of drug-likeness (QED) is 0.362. The summed E-state index contributed by atoms with van der Waals surface area (Å²) in [6.07, 6.45) is 1.29. The van der Waals surface area contributed by atoms with E-state index in [0.29, 0.717) is 40.6 Å². The molecule has 5 rings (SSSR count). The fourth-order valence-electron chi connectivity index (χ4n) is 5.40. The van der Waals surface area contributed by atoms with Crippen molar-refractivity contribution >= 4 is 35.1 Å². The molecule has 1 atom stereocenters. The minimum atomic E-state index is -1.13. The van der Waals surface area contributed by atoms with Gasteiger partial charge in [-0.1, -0.05) is 17.7 Å². The van der Waals surface area contributed by atoms with Crippen molar-refractivity contribution in [3.8, 4) is 22.8 Å². The summed E-state index contributed by atoms with van der Waals surface area (Å²) in [7, 11) is 0. The molecule has 3 heterocycles. The van der Waals surface area contributed by atoms with E-state index >= 15 is 4.39 Å². The molecule has 2 aromatic carbocycles. The molecule has 0 aliphatic carbocycles. The highest BCUT2D eigenvalue weighted by atomic mass is 35.5. The normalized spacial score (nSPS) is 17.2. The number of benzene rings is 2. The number of carbonyl (C=O) groups excluding carboxylic acids is 2. The molecule has 43 heavy (non-hydrogen) atoms.